The Morgan fingerprint density at radius 3 is 0.620 bits per heavy atom. The van der Waals surface area contributed by atoms with Gasteiger partial charge in [0.2, 0.25) is 0 Å². The smallest absolute Gasteiger partial charge is 0.0630 e. The molecule has 0 aromatic heterocycles. The van der Waals surface area contributed by atoms with E-state index in [1.807, 2.05) is 0 Å². The van der Waals surface area contributed by atoms with E-state index in [0.717, 1.165) is 29.4 Å². The van der Waals surface area contributed by atoms with Crippen molar-refractivity contribution >= 4 is 70.6 Å². The maximum Gasteiger partial charge on any atom is 0.0630 e. The first-order chi connectivity index (χ1) is 24.6. The average molecular weight is 765 g/mol. The first-order valence-electron chi connectivity index (χ1n) is 16.1. The fraction of sp³-hybridized carbons (Fsp3) is 0.368. The Bertz CT molecular complexity index is 1620. The van der Waals surface area contributed by atoms with Gasteiger partial charge >= 0.3 is 0 Å². The van der Waals surface area contributed by atoms with Crippen LogP contribution in [0.5, 0.6) is 0 Å². The fourth-order valence-corrected chi connectivity index (χ4v) is 12.2. The third-order valence-electron chi connectivity index (χ3n) is 8.14. The van der Waals surface area contributed by atoms with Crippen LogP contribution >= 0.6 is 70.6 Å². The Hall–Kier alpha value is -3.30. The number of thioether (sulfide) groups is 6. The van der Waals surface area contributed by atoms with Crippen molar-refractivity contribution < 1.29 is 0 Å². The fourth-order valence-electron chi connectivity index (χ4n) is 6.20. The van der Waals surface area contributed by atoms with E-state index < -0.39 is 0 Å². The molecule has 0 fully saturated rings. The van der Waals surface area contributed by atoms with Gasteiger partial charge in [-0.05, 0) is 69.8 Å². The number of rotatable bonds is 18. The number of hydrogen-bond acceptors (Lipinski definition) is 12. The van der Waals surface area contributed by atoms with Gasteiger partial charge in [0, 0.05) is 114 Å². The van der Waals surface area contributed by atoms with E-state index in [-0.39, 0.29) is 11.8 Å². The SMILES string of the molecule is N#CCCSc1cc2c(cc1SCCC#N)C1c3cc(SCCC#N)c(SCCC#N)cc3C2c2cc(SCCC#N)c(SCCC#N)cc21. The number of benzene rings is 3. The molecular weight excluding hydrogens is 733 g/mol. The summed E-state index contributed by atoms with van der Waals surface area (Å²) in [6, 6.07) is 27.6. The molecule has 0 amide bonds. The standard InChI is InChI=1S/C38H32N6S6/c39-7-1-13-45-31-19-25-26(20-32(31)46-14-2-8-40)38-29-23-35(49-17-5-11-43)33(47-15-3-9-41)21-27(29)37(25)28-22-34(48-16-4-10-42)36(24-30(28)38)50-18-6-12-44/h19-24,37-38H,1-6,13-18H2. The molecule has 6 nitrogen and oxygen atoms in total. The van der Waals surface area contributed by atoms with E-state index >= 15 is 0 Å². The largest absolute Gasteiger partial charge is 0.198 e. The van der Waals surface area contributed by atoms with Crippen molar-refractivity contribution in [1.29, 1.82) is 31.6 Å². The van der Waals surface area contributed by atoms with Crippen molar-refractivity contribution in [3.63, 3.8) is 0 Å². The second-order valence-corrected chi connectivity index (χ2v) is 18.0. The van der Waals surface area contributed by atoms with Gasteiger partial charge in [0.05, 0.1) is 36.4 Å². The highest BCUT2D eigenvalue weighted by Gasteiger charge is 2.43. The first-order valence-corrected chi connectivity index (χ1v) is 22.0. The minimum Gasteiger partial charge on any atom is -0.198 e. The zero-order valence-corrected chi connectivity index (χ0v) is 32.1. The van der Waals surface area contributed by atoms with E-state index in [9.17, 15) is 31.6 Å². The van der Waals surface area contributed by atoms with Crippen LogP contribution in [0.25, 0.3) is 0 Å². The third-order valence-corrected chi connectivity index (χ3v) is 14.9. The van der Waals surface area contributed by atoms with Crippen molar-refractivity contribution in [2.24, 2.45) is 0 Å². The van der Waals surface area contributed by atoms with E-state index in [2.05, 4.69) is 72.8 Å². The Balaban J connectivity index is 1.72. The summed E-state index contributed by atoms with van der Waals surface area (Å²) in [6.45, 7) is 0. The second-order valence-electron chi connectivity index (χ2n) is 11.2. The minimum absolute atomic E-state index is 0.0320. The van der Waals surface area contributed by atoms with Crippen LogP contribution in [0.2, 0.25) is 0 Å². The quantitative estimate of drug-likeness (QED) is 0.0618. The Morgan fingerprint density at radius 1 is 0.320 bits per heavy atom. The molecule has 6 rings (SSSR count). The molecule has 0 heterocycles. The Morgan fingerprint density at radius 2 is 0.480 bits per heavy atom. The Labute approximate surface area is 320 Å². The van der Waals surface area contributed by atoms with Gasteiger partial charge in [0.25, 0.3) is 0 Å². The van der Waals surface area contributed by atoms with Gasteiger partial charge in [0.15, 0.2) is 0 Å². The van der Waals surface area contributed by atoms with Crippen LogP contribution in [0.3, 0.4) is 0 Å². The average Bonchev–Trinajstić information content (AvgIpc) is 3.12. The molecular formula is C38H32N6S6. The van der Waals surface area contributed by atoms with Gasteiger partial charge in [-0.25, -0.2) is 0 Å². The molecule has 0 atom stereocenters. The van der Waals surface area contributed by atoms with Crippen LogP contribution < -0.4 is 0 Å². The normalized spacial score (nSPS) is 14.5. The maximum absolute atomic E-state index is 9.29. The van der Waals surface area contributed by atoms with Gasteiger partial charge in [0.1, 0.15) is 0 Å². The van der Waals surface area contributed by atoms with Crippen molar-refractivity contribution in [1.82, 2.24) is 0 Å². The summed E-state index contributed by atoms with van der Waals surface area (Å²) in [4.78, 5) is 6.82. The summed E-state index contributed by atoms with van der Waals surface area (Å²) in [6.07, 6.45) is 2.71. The molecule has 0 aliphatic heterocycles. The monoisotopic (exact) mass is 764 g/mol. The van der Waals surface area contributed by atoms with Gasteiger partial charge in [-0.1, -0.05) is 0 Å². The third kappa shape index (κ3) is 8.76. The van der Waals surface area contributed by atoms with Crippen molar-refractivity contribution in [2.75, 3.05) is 34.5 Å². The summed E-state index contributed by atoms with van der Waals surface area (Å²) in [5.41, 5.74) is 7.55. The predicted octanol–water partition coefficient (Wildman–Crippen LogP) is 10.7. The number of nitriles is 6. The highest BCUT2D eigenvalue weighted by Crippen LogP contribution is 2.60. The van der Waals surface area contributed by atoms with Crippen LogP contribution in [0.4, 0.5) is 0 Å². The lowest BCUT2D eigenvalue weighted by Gasteiger charge is -2.43. The second kappa shape index (κ2) is 19.3. The minimum atomic E-state index is -0.0320. The van der Waals surface area contributed by atoms with E-state index in [1.165, 1.54) is 33.4 Å². The zero-order valence-electron chi connectivity index (χ0n) is 27.2. The highest BCUT2D eigenvalue weighted by atomic mass is 32.2. The molecule has 0 saturated carbocycles. The summed E-state index contributed by atoms with van der Waals surface area (Å²) in [7, 11) is 0. The molecule has 0 saturated heterocycles. The molecule has 3 aliphatic carbocycles. The molecule has 3 aliphatic rings. The van der Waals surface area contributed by atoms with Crippen molar-refractivity contribution in [3.8, 4) is 36.4 Å². The number of nitrogens with zero attached hydrogens (tertiary/aromatic N) is 6. The van der Waals surface area contributed by atoms with Crippen LogP contribution in [0.1, 0.15) is 83.7 Å². The van der Waals surface area contributed by atoms with E-state index in [4.69, 9.17) is 0 Å². The highest BCUT2D eigenvalue weighted by molar-refractivity contribution is 8.03. The lowest BCUT2D eigenvalue weighted by Crippen LogP contribution is -2.28. The molecule has 12 heteroatoms. The first kappa shape index (κ1) is 37.9. The topological polar surface area (TPSA) is 143 Å². The van der Waals surface area contributed by atoms with Gasteiger partial charge in [-0.3, -0.25) is 0 Å². The van der Waals surface area contributed by atoms with Crippen molar-refractivity contribution in [3.05, 3.63) is 69.8 Å². The summed E-state index contributed by atoms with van der Waals surface area (Å²) >= 11 is 10.2. The van der Waals surface area contributed by atoms with Crippen molar-refractivity contribution in [2.45, 2.75) is 79.7 Å². The molecule has 0 N–H and O–H groups in total. The van der Waals surface area contributed by atoms with Crippen LogP contribution in [0.15, 0.2) is 65.8 Å². The predicted molar refractivity (Wildman–Crippen MR) is 207 cm³/mol. The van der Waals surface area contributed by atoms with Crippen LogP contribution in [0, 0.1) is 68.0 Å². The Kier molecular flexibility index (Phi) is 14.7. The molecule has 0 unspecified atom stereocenters. The molecule has 0 radical (unpaired) electrons. The van der Waals surface area contributed by atoms with Crippen LogP contribution in [-0.2, 0) is 0 Å². The molecule has 50 heavy (non-hydrogen) atoms. The zero-order chi connectivity index (χ0) is 35.3. The lowest BCUT2D eigenvalue weighted by atomic mass is 9.61. The molecule has 3 aromatic rings. The van der Waals surface area contributed by atoms with Crippen LogP contribution in [-0.4, -0.2) is 34.5 Å². The van der Waals surface area contributed by atoms with Gasteiger partial charge in [-0.15, -0.1) is 70.6 Å². The summed E-state index contributed by atoms with van der Waals surface area (Å²) in [5, 5.41) is 55.8. The molecule has 0 spiro atoms. The summed E-state index contributed by atoms with van der Waals surface area (Å²) < 4.78 is 0. The van der Waals surface area contributed by atoms with Gasteiger partial charge < -0.3 is 0 Å². The lowest BCUT2D eigenvalue weighted by molar-refractivity contribution is 0.730. The molecule has 3 aromatic carbocycles. The maximum atomic E-state index is 9.29. The van der Waals surface area contributed by atoms with E-state index in [0.29, 0.717) is 73.0 Å². The van der Waals surface area contributed by atoms with E-state index in [1.54, 1.807) is 70.6 Å². The number of hydrogen-bond donors (Lipinski definition) is 0. The summed E-state index contributed by atoms with van der Waals surface area (Å²) in [5.74, 6) is 4.07. The molecule has 250 valence electrons. The van der Waals surface area contributed by atoms with Gasteiger partial charge in [-0.2, -0.15) is 31.6 Å². The molecule has 2 bridgehead atoms.